The Labute approximate surface area is 184 Å². The molecule has 160 valence electrons. The van der Waals surface area contributed by atoms with Crippen LogP contribution in [0.2, 0.25) is 0 Å². The standard InChI is InChI=1S/C22H26BrN3O4/c1-2-30-19-7-4-3-6-18(19)22(29)25-14-5-8-20(27)24-15-13-21(28)26-17-11-9-16(23)10-12-17/h3-4,6-7,9-12H,2,5,8,13-15H2,1H3,(H,24,27)(H,25,29)(H,26,28). The minimum absolute atomic E-state index is 0.157. The van der Waals surface area contributed by atoms with Gasteiger partial charge in [0, 0.05) is 36.1 Å². The molecule has 7 nitrogen and oxygen atoms in total. The maximum absolute atomic E-state index is 12.3. The lowest BCUT2D eigenvalue weighted by atomic mass is 10.2. The summed E-state index contributed by atoms with van der Waals surface area (Å²) < 4.78 is 6.38. The third kappa shape index (κ3) is 8.24. The van der Waals surface area contributed by atoms with E-state index in [1.54, 1.807) is 30.3 Å². The van der Waals surface area contributed by atoms with Crippen molar-refractivity contribution < 1.29 is 19.1 Å². The highest BCUT2D eigenvalue weighted by Gasteiger charge is 2.11. The van der Waals surface area contributed by atoms with E-state index < -0.39 is 0 Å². The summed E-state index contributed by atoms with van der Waals surface area (Å²) in [7, 11) is 0. The number of anilines is 1. The van der Waals surface area contributed by atoms with E-state index >= 15 is 0 Å². The van der Waals surface area contributed by atoms with Crippen LogP contribution in [0.25, 0.3) is 0 Å². The monoisotopic (exact) mass is 475 g/mol. The van der Waals surface area contributed by atoms with E-state index in [0.29, 0.717) is 36.6 Å². The van der Waals surface area contributed by atoms with E-state index in [1.165, 1.54) is 0 Å². The van der Waals surface area contributed by atoms with Gasteiger partial charge >= 0.3 is 0 Å². The molecule has 0 heterocycles. The Bertz CT molecular complexity index is 856. The molecule has 0 aromatic heterocycles. The highest BCUT2D eigenvalue weighted by Crippen LogP contribution is 2.17. The van der Waals surface area contributed by atoms with Gasteiger partial charge in [-0.2, -0.15) is 0 Å². The molecule has 3 amide bonds. The van der Waals surface area contributed by atoms with Gasteiger partial charge in [0.2, 0.25) is 11.8 Å². The fourth-order valence-electron chi connectivity index (χ4n) is 2.64. The molecule has 30 heavy (non-hydrogen) atoms. The van der Waals surface area contributed by atoms with Gasteiger partial charge in [0.25, 0.3) is 5.91 Å². The van der Waals surface area contributed by atoms with Crippen molar-refractivity contribution in [1.29, 1.82) is 0 Å². The van der Waals surface area contributed by atoms with Crippen LogP contribution >= 0.6 is 15.9 Å². The van der Waals surface area contributed by atoms with Gasteiger partial charge in [-0.15, -0.1) is 0 Å². The summed E-state index contributed by atoms with van der Waals surface area (Å²) in [5.74, 6) is -0.0195. The second-order valence-corrected chi connectivity index (χ2v) is 7.36. The van der Waals surface area contributed by atoms with Crippen molar-refractivity contribution in [2.75, 3.05) is 25.0 Å². The third-order valence-corrected chi connectivity index (χ3v) is 4.63. The molecule has 0 unspecified atom stereocenters. The number of amides is 3. The molecule has 0 saturated carbocycles. The molecule has 3 N–H and O–H groups in total. The average molecular weight is 476 g/mol. The number of halogens is 1. The summed E-state index contributed by atoms with van der Waals surface area (Å²) in [6.07, 6.45) is 0.952. The smallest absolute Gasteiger partial charge is 0.255 e. The van der Waals surface area contributed by atoms with Crippen LogP contribution < -0.4 is 20.7 Å². The van der Waals surface area contributed by atoms with Crippen LogP contribution in [-0.2, 0) is 9.59 Å². The zero-order valence-corrected chi connectivity index (χ0v) is 18.5. The Balaban J connectivity index is 1.60. The van der Waals surface area contributed by atoms with Gasteiger partial charge in [-0.25, -0.2) is 0 Å². The zero-order chi connectivity index (χ0) is 21.8. The number of benzene rings is 2. The van der Waals surface area contributed by atoms with Crippen LogP contribution in [0.1, 0.15) is 36.5 Å². The van der Waals surface area contributed by atoms with E-state index in [4.69, 9.17) is 4.74 Å². The van der Waals surface area contributed by atoms with Crippen LogP contribution in [0.3, 0.4) is 0 Å². The van der Waals surface area contributed by atoms with E-state index in [0.717, 1.165) is 4.47 Å². The average Bonchev–Trinajstić information content (AvgIpc) is 2.73. The van der Waals surface area contributed by atoms with Crippen molar-refractivity contribution in [3.63, 3.8) is 0 Å². The van der Waals surface area contributed by atoms with Crippen LogP contribution in [0.15, 0.2) is 53.0 Å². The number of hydrogen-bond donors (Lipinski definition) is 3. The summed E-state index contributed by atoms with van der Waals surface area (Å²) in [6.45, 7) is 2.97. The van der Waals surface area contributed by atoms with Crippen LogP contribution in [0, 0.1) is 0 Å². The predicted octanol–water partition coefficient (Wildman–Crippen LogP) is 3.50. The van der Waals surface area contributed by atoms with Gasteiger partial charge in [0.05, 0.1) is 12.2 Å². The van der Waals surface area contributed by atoms with Gasteiger partial charge in [0.15, 0.2) is 0 Å². The van der Waals surface area contributed by atoms with E-state index in [9.17, 15) is 14.4 Å². The second kappa shape index (κ2) is 12.6. The molecule has 0 spiro atoms. The molecule has 2 aromatic carbocycles. The molecule has 0 bridgehead atoms. The third-order valence-electron chi connectivity index (χ3n) is 4.10. The molecule has 0 aliphatic carbocycles. The van der Waals surface area contributed by atoms with Crippen molar-refractivity contribution in [3.8, 4) is 5.75 Å². The van der Waals surface area contributed by atoms with Crippen LogP contribution in [0.5, 0.6) is 5.75 Å². The maximum atomic E-state index is 12.3. The number of ether oxygens (including phenoxy) is 1. The van der Waals surface area contributed by atoms with E-state index in [-0.39, 0.29) is 37.1 Å². The number of nitrogens with one attached hydrogen (secondary N) is 3. The van der Waals surface area contributed by atoms with Crippen molar-refractivity contribution in [2.45, 2.75) is 26.2 Å². The lowest BCUT2D eigenvalue weighted by molar-refractivity contribution is -0.121. The molecule has 0 aliphatic rings. The first kappa shape index (κ1) is 23.4. The first-order chi connectivity index (χ1) is 14.5. The van der Waals surface area contributed by atoms with E-state index in [2.05, 4.69) is 31.9 Å². The van der Waals surface area contributed by atoms with Crippen LogP contribution in [-0.4, -0.2) is 37.4 Å². The molecule has 2 aromatic rings. The molecular weight excluding hydrogens is 450 g/mol. The highest BCUT2D eigenvalue weighted by molar-refractivity contribution is 9.10. The minimum Gasteiger partial charge on any atom is -0.493 e. The Kier molecular flexibility index (Phi) is 9.86. The highest BCUT2D eigenvalue weighted by atomic mass is 79.9. The Hall–Kier alpha value is -2.87. The summed E-state index contributed by atoms with van der Waals surface area (Å²) >= 11 is 3.34. The Morgan fingerprint density at radius 3 is 2.37 bits per heavy atom. The minimum atomic E-state index is -0.232. The second-order valence-electron chi connectivity index (χ2n) is 6.44. The SMILES string of the molecule is CCOc1ccccc1C(=O)NCCCC(=O)NCCC(=O)Nc1ccc(Br)cc1. The fraction of sp³-hybridized carbons (Fsp3) is 0.318. The van der Waals surface area contributed by atoms with Crippen molar-refractivity contribution >= 4 is 39.3 Å². The normalized spacial score (nSPS) is 10.2. The molecule has 0 aliphatic heterocycles. The largest absolute Gasteiger partial charge is 0.493 e. The fourth-order valence-corrected chi connectivity index (χ4v) is 2.91. The van der Waals surface area contributed by atoms with Crippen molar-refractivity contribution in [2.24, 2.45) is 0 Å². The number of para-hydroxylation sites is 1. The van der Waals surface area contributed by atoms with Gasteiger partial charge in [-0.1, -0.05) is 28.1 Å². The lowest BCUT2D eigenvalue weighted by Gasteiger charge is -2.10. The van der Waals surface area contributed by atoms with Gasteiger partial charge in [-0.05, 0) is 49.7 Å². The molecule has 8 heteroatoms. The van der Waals surface area contributed by atoms with Crippen molar-refractivity contribution in [1.82, 2.24) is 10.6 Å². The van der Waals surface area contributed by atoms with Crippen molar-refractivity contribution in [3.05, 3.63) is 58.6 Å². The first-order valence-electron chi connectivity index (χ1n) is 9.81. The quantitative estimate of drug-likeness (QED) is 0.433. The zero-order valence-electron chi connectivity index (χ0n) is 16.9. The first-order valence-corrected chi connectivity index (χ1v) is 10.6. The Morgan fingerprint density at radius 2 is 1.63 bits per heavy atom. The molecule has 0 atom stereocenters. The summed E-state index contributed by atoms with van der Waals surface area (Å²) in [6, 6.07) is 14.3. The number of carbonyl (C=O) groups excluding carboxylic acids is 3. The molecule has 2 rings (SSSR count). The maximum Gasteiger partial charge on any atom is 0.255 e. The van der Waals surface area contributed by atoms with Gasteiger partial charge in [-0.3, -0.25) is 14.4 Å². The summed E-state index contributed by atoms with van der Waals surface area (Å²) in [5.41, 5.74) is 1.18. The molecule has 0 fully saturated rings. The lowest BCUT2D eigenvalue weighted by Crippen LogP contribution is -2.29. The van der Waals surface area contributed by atoms with Gasteiger partial charge < -0.3 is 20.7 Å². The van der Waals surface area contributed by atoms with Gasteiger partial charge in [0.1, 0.15) is 5.75 Å². The summed E-state index contributed by atoms with van der Waals surface area (Å²) in [5, 5.41) is 8.27. The predicted molar refractivity (Wildman–Crippen MR) is 120 cm³/mol. The Morgan fingerprint density at radius 1 is 0.900 bits per heavy atom. The van der Waals surface area contributed by atoms with Crippen LogP contribution in [0.4, 0.5) is 5.69 Å². The number of rotatable bonds is 11. The topological polar surface area (TPSA) is 96.5 Å². The molecular formula is C22H26BrN3O4. The number of hydrogen-bond acceptors (Lipinski definition) is 4. The molecule has 0 radical (unpaired) electrons. The summed E-state index contributed by atoms with van der Waals surface area (Å²) in [4.78, 5) is 36.0. The molecule has 0 saturated heterocycles. The number of carbonyl (C=O) groups is 3. The van der Waals surface area contributed by atoms with E-state index in [1.807, 2.05) is 25.1 Å².